The second kappa shape index (κ2) is 8.14. The molecule has 0 unspecified atom stereocenters. The van der Waals surface area contributed by atoms with Crippen molar-refractivity contribution in [2.75, 3.05) is 5.32 Å². The van der Waals surface area contributed by atoms with Crippen molar-refractivity contribution in [3.8, 4) is 11.3 Å². The van der Waals surface area contributed by atoms with Crippen molar-refractivity contribution < 1.29 is 19.1 Å². The Labute approximate surface area is 177 Å². The van der Waals surface area contributed by atoms with Crippen LogP contribution in [0.3, 0.4) is 0 Å². The van der Waals surface area contributed by atoms with E-state index in [4.69, 9.17) is 5.11 Å². The van der Waals surface area contributed by atoms with Gasteiger partial charge in [-0.25, -0.2) is 14.2 Å². The molecule has 1 heterocycles. The normalized spacial score (nSPS) is 13.1. The average molecular weight is 421 g/mol. The van der Waals surface area contributed by atoms with Gasteiger partial charge < -0.3 is 10.4 Å². The van der Waals surface area contributed by atoms with E-state index in [2.05, 4.69) is 10.3 Å². The Bertz CT molecular complexity index is 1250. The molecule has 0 spiro atoms. The third kappa shape index (κ3) is 4.53. The van der Waals surface area contributed by atoms with E-state index in [0.29, 0.717) is 22.6 Å². The van der Waals surface area contributed by atoms with E-state index in [1.165, 1.54) is 41.0 Å². The number of hydrogen-bond acceptors (Lipinski definition) is 4. The molecule has 7 nitrogen and oxygen atoms in total. The van der Waals surface area contributed by atoms with E-state index < -0.39 is 11.8 Å². The Morgan fingerprint density at radius 2 is 1.97 bits per heavy atom. The fourth-order valence-electron chi connectivity index (χ4n) is 3.36. The highest BCUT2D eigenvalue weighted by molar-refractivity contribution is 5.97. The summed E-state index contributed by atoms with van der Waals surface area (Å²) in [7, 11) is 0. The first-order valence-electron chi connectivity index (χ1n) is 9.83. The fourth-order valence-corrected chi connectivity index (χ4v) is 3.36. The number of aromatic carboxylic acids is 1. The molecule has 2 aromatic carbocycles. The van der Waals surface area contributed by atoms with Crippen molar-refractivity contribution in [2.45, 2.75) is 26.3 Å². The number of carboxylic acid groups (broad SMARTS) is 1. The summed E-state index contributed by atoms with van der Waals surface area (Å²) in [4.78, 5) is 40.7. The summed E-state index contributed by atoms with van der Waals surface area (Å²) in [6.45, 7) is 1.83. The van der Waals surface area contributed by atoms with Gasteiger partial charge in [-0.2, -0.15) is 0 Å². The molecule has 1 aromatic heterocycles. The molecular weight excluding hydrogens is 401 g/mol. The molecule has 1 saturated carbocycles. The highest BCUT2D eigenvalue weighted by atomic mass is 19.1. The zero-order chi connectivity index (χ0) is 22.1. The summed E-state index contributed by atoms with van der Waals surface area (Å²) >= 11 is 0. The van der Waals surface area contributed by atoms with Crippen LogP contribution in [0.25, 0.3) is 11.3 Å². The average Bonchev–Trinajstić information content (AvgIpc) is 3.56. The lowest BCUT2D eigenvalue weighted by atomic mass is 10.1. The Balaban J connectivity index is 1.68. The number of carbonyl (C=O) groups is 2. The van der Waals surface area contributed by atoms with Crippen LogP contribution in [0, 0.1) is 18.7 Å². The summed E-state index contributed by atoms with van der Waals surface area (Å²) in [5.74, 6) is -1.36. The highest BCUT2D eigenvalue weighted by Gasteiger charge is 2.30. The van der Waals surface area contributed by atoms with Crippen molar-refractivity contribution in [1.29, 1.82) is 0 Å². The number of carboxylic acids is 1. The number of rotatable bonds is 6. The SMILES string of the molecule is Cc1nc(-c2ccc(F)cc2NC(=O)C2CC2)cc(=O)n1Cc1cccc(C(=O)O)c1. The summed E-state index contributed by atoms with van der Waals surface area (Å²) in [5, 5.41) is 11.9. The molecule has 0 saturated heterocycles. The second-order valence-electron chi connectivity index (χ2n) is 7.57. The van der Waals surface area contributed by atoms with Gasteiger partial charge in [0.05, 0.1) is 23.5 Å². The van der Waals surface area contributed by atoms with Gasteiger partial charge in [0.2, 0.25) is 5.91 Å². The van der Waals surface area contributed by atoms with Gasteiger partial charge >= 0.3 is 5.97 Å². The number of halogens is 1. The number of benzene rings is 2. The molecule has 0 bridgehead atoms. The van der Waals surface area contributed by atoms with Crippen LogP contribution < -0.4 is 10.9 Å². The molecule has 8 heteroatoms. The zero-order valence-corrected chi connectivity index (χ0v) is 16.8. The number of nitrogens with zero attached hydrogens (tertiary/aromatic N) is 2. The van der Waals surface area contributed by atoms with Gasteiger partial charge in [0, 0.05) is 17.5 Å². The Morgan fingerprint density at radius 1 is 1.19 bits per heavy atom. The molecule has 0 atom stereocenters. The van der Waals surface area contributed by atoms with Gasteiger partial charge in [0.15, 0.2) is 0 Å². The molecule has 1 aliphatic carbocycles. The predicted molar refractivity (Wildman–Crippen MR) is 112 cm³/mol. The molecule has 2 N–H and O–H groups in total. The second-order valence-corrected chi connectivity index (χ2v) is 7.57. The fraction of sp³-hybridized carbons (Fsp3) is 0.217. The predicted octanol–water partition coefficient (Wildman–Crippen LogP) is 3.45. The van der Waals surface area contributed by atoms with Crippen LogP contribution in [0.2, 0.25) is 0 Å². The van der Waals surface area contributed by atoms with Gasteiger partial charge in [0.25, 0.3) is 5.56 Å². The minimum atomic E-state index is -1.04. The molecule has 158 valence electrons. The molecule has 4 rings (SSSR count). The monoisotopic (exact) mass is 421 g/mol. The van der Waals surface area contributed by atoms with Crippen molar-refractivity contribution >= 4 is 17.6 Å². The molecule has 1 amide bonds. The first kappa shape index (κ1) is 20.5. The third-order valence-electron chi connectivity index (χ3n) is 5.18. The van der Waals surface area contributed by atoms with E-state index >= 15 is 0 Å². The summed E-state index contributed by atoms with van der Waals surface area (Å²) in [6.07, 6.45) is 1.62. The quantitative estimate of drug-likeness (QED) is 0.635. The van der Waals surface area contributed by atoms with Gasteiger partial charge in [-0.15, -0.1) is 0 Å². The highest BCUT2D eigenvalue weighted by Crippen LogP contribution is 2.33. The summed E-state index contributed by atoms with van der Waals surface area (Å²) < 4.78 is 15.2. The molecule has 31 heavy (non-hydrogen) atoms. The van der Waals surface area contributed by atoms with E-state index in [1.54, 1.807) is 19.1 Å². The Morgan fingerprint density at radius 3 is 2.65 bits per heavy atom. The number of hydrogen-bond donors (Lipinski definition) is 2. The standard InChI is InChI=1S/C23H20FN3O4/c1-13-25-20(18-8-7-17(24)10-19(18)26-22(29)15-5-6-15)11-21(28)27(13)12-14-3-2-4-16(9-14)23(30)31/h2-4,7-11,15H,5-6,12H2,1H3,(H,26,29)(H,30,31). The van der Waals surface area contributed by atoms with Gasteiger partial charge in [-0.05, 0) is 55.7 Å². The molecule has 0 aliphatic heterocycles. The van der Waals surface area contributed by atoms with E-state index in [-0.39, 0.29) is 35.2 Å². The van der Waals surface area contributed by atoms with E-state index in [9.17, 15) is 18.8 Å². The van der Waals surface area contributed by atoms with Crippen molar-refractivity contribution in [3.05, 3.63) is 81.7 Å². The number of amides is 1. The first-order valence-corrected chi connectivity index (χ1v) is 9.83. The Kier molecular flexibility index (Phi) is 5.37. The van der Waals surface area contributed by atoms with Gasteiger partial charge in [-0.1, -0.05) is 12.1 Å². The van der Waals surface area contributed by atoms with Crippen LogP contribution in [0.5, 0.6) is 0 Å². The van der Waals surface area contributed by atoms with Crippen LogP contribution in [0.15, 0.2) is 53.3 Å². The summed E-state index contributed by atoms with van der Waals surface area (Å²) in [5.41, 5.74) is 1.50. The summed E-state index contributed by atoms with van der Waals surface area (Å²) in [6, 6.07) is 11.6. The topological polar surface area (TPSA) is 101 Å². The van der Waals surface area contributed by atoms with Crippen LogP contribution >= 0.6 is 0 Å². The van der Waals surface area contributed by atoms with Crippen molar-refractivity contribution in [2.24, 2.45) is 5.92 Å². The number of carbonyl (C=O) groups excluding carboxylic acids is 1. The van der Waals surface area contributed by atoms with Crippen LogP contribution in [0.4, 0.5) is 10.1 Å². The maximum absolute atomic E-state index is 13.8. The number of anilines is 1. The van der Waals surface area contributed by atoms with E-state index in [1.807, 2.05) is 0 Å². The van der Waals surface area contributed by atoms with Crippen LogP contribution in [-0.2, 0) is 11.3 Å². The minimum Gasteiger partial charge on any atom is -0.478 e. The number of aryl methyl sites for hydroxylation is 1. The first-order chi connectivity index (χ1) is 14.8. The smallest absolute Gasteiger partial charge is 0.335 e. The lowest BCUT2D eigenvalue weighted by Crippen LogP contribution is -2.24. The Hall–Kier alpha value is -3.81. The van der Waals surface area contributed by atoms with Gasteiger partial charge in [0.1, 0.15) is 11.6 Å². The number of aromatic nitrogens is 2. The lowest BCUT2D eigenvalue weighted by Gasteiger charge is -2.14. The van der Waals surface area contributed by atoms with Crippen LogP contribution in [0.1, 0.15) is 34.6 Å². The lowest BCUT2D eigenvalue weighted by molar-refractivity contribution is -0.117. The van der Waals surface area contributed by atoms with Crippen molar-refractivity contribution in [3.63, 3.8) is 0 Å². The zero-order valence-electron chi connectivity index (χ0n) is 16.8. The molecular formula is C23H20FN3O4. The largest absolute Gasteiger partial charge is 0.478 e. The third-order valence-corrected chi connectivity index (χ3v) is 5.18. The van der Waals surface area contributed by atoms with Gasteiger partial charge in [-0.3, -0.25) is 14.2 Å². The van der Waals surface area contributed by atoms with Crippen molar-refractivity contribution in [1.82, 2.24) is 9.55 Å². The molecule has 0 radical (unpaired) electrons. The molecule has 1 aliphatic rings. The maximum Gasteiger partial charge on any atom is 0.335 e. The number of nitrogens with one attached hydrogen (secondary N) is 1. The molecule has 1 fully saturated rings. The van der Waals surface area contributed by atoms with E-state index in [0.717, 1.165) is 12.8 Å². The maximum atomic E-state index is 13.8. The minimum absolute atomic E-state index is 0.0552. The molecule has 3 aromatic rings. The van der Waals surface area contributed by atoms with Crippen LogP contribution in [-0.4, -0.2) is 26.5 Å².